The number of H-pyrrole nitrogens is 1. The number of nitrogens with one attached hydrogen (secondary N) is 1. The van der Waals surface area contributed by atoms with Gasteiger partial charge in [-0.25, -0.2) is 14.8 Å². The summed E-state index contributed by atoms with van der Waals surface area (Å²) < 4.78 is 2.02. The Hall–Kier alpha value is -4.19. The lowest BCUT2D eigenvalue weighted by molar-refractivity contribution is 0.0697. The van der Waals surface area contributed by atoms with Gasteiger partial charge < -0.3 is 14.7 Å². The molecule has 0 radical (unpaired) electrons. The number of carboxylic acids is 1. The Kier molecular flexibility index (Phi) is 4.37. The molecule has 6 nitrogen and oxygen atoms in total. The van der Waals surface area contributed by atoms with Gasteiger partial charge in [-0.3, -0.25) is 0 Å². The molecule has 0 aliphatic rings. The topological polar surface area (TPSA) is 83.8 Å². The highest BCUT2D eigenvalue weighted by atomic mass is 16.4. The molecule has 2 heterocycles. The first-order valence-corrected chi connectivity index (χ1v) is 9.56. The monoisotopic (exact) mass is 394 g/mol. The molecule has 5 aromatic rings. The Morgan fingerprint density at radius 3 is 2.63 bits per heavy atom. The fourth-order valence-corrected chi connectivity index (χ4v) is 3.61. The first kappa shape index (κ1) is 17.9. The standard InChI is InChI=1S/C24H18N4O2/c29-24(30)18-8-6-17(7-9-18)23-26-20-10-5-16(14-21(20)27-23)13-19-3-1-2-4-22(19)28-12-11-25-15-28/h1-12,14-15H,13H2,(H,26,27)(H,29,30). The van der Waals surface area contributed by atoms with E-state index in [9.17, 15) is 4.79 Å². The number of carbonyl (C=O) groups is 1. The SMILES string of the molecule is O=C(O)c1ccc(-c2nc3ccc(Cc4ccccc4-n4ccnc4)cc3[nH]2)cc1. The van der Waals surface area contributed by atoms with Crippen molar-refractivity contribution in [3.63, 3.8) is 0 Å². The molecule has 0 aliphatic heterocycles. The first-order chi connectivity index (χ1) is 14.7. The summed E-state index contributed by atoms with van der Waals surface area (Å²) in [6, 6.07) is 21.2. The normalized spacial score (nSPS) is 11.1. The Bertz CT molecular complexity index is 1340. The lowest BCUT2D eigenvalue weighted by atomic mass is 10.0. The van der Waals surface area contributed by atoms with E-state index in [-0.39, 0.29) is 5.56 Å². The molecule has 0 fully saturated rings. The van der Waals surface area contributed by atoms with Gasteiger partial charge in [-0.1, -0.05) is 36.4 Å². The molecule has 0 saturated heterocycles. The highest BCUT2D eigenvalue weighted by molar-refractivity contribution is 5.88. The number of carboxylic acid groups (broad SMARTS) is 1. The number of aromatic amines is 1. The van der Waals surface area contributed by atoms with Crippen LogP contribution in [0.1, 0.15) is 21.5 Å². The van der Waals surface area contributed by atoms with Gasteiger partial charge in [-0.15, -0.1) is 0 Å². The maximum absolute atomic E-state index is 11.0. The molecule has 30 heavy (non-hydrogen) atoms. The van der Waals surface area contributed by atoms with E-state index < -0.39 is 5.97 Å². The maximum atomic E-state index is 11.0. The summed E-state index contributed by atoms with van der Waals surface area (Å²) in [6.45, 7) is 0. The number of rotatable bonds is 5. The number of nitrogens with zero attached hydrogens (tertiary/aromatic N) is 3. The molecule has 2 N–H and O–H groups in total. The van der Waals surface area contributed by atoms with E-state index in [1.807, 2.05) is 29.0 Å². The minimum atomic E-state index is -0.938. The number of hydrogen-bond donors (Lipinski definition) is 2. The third-order valence-corrected chi connectivity index (χ3v) is 5.12. The van der Waals surface area contributed by atoms with Crippen LogP contribution in [0, 0.1) is 0 Å². The molecule has 2 aromatic heterocycles. The molecule has 0 amide bonds. The average molecular weight is 394 g/mol. The lowest BCUT2D eigenvalue weighted by Gasteiger charge is -2.10. The van der Waals surface area contributed by atoms with Gasteiger partial charge in [-0.2, -0.15) is 0 Å². The van der Waals surface area contributed by atoms with Crippen molar-refractivity contribution in [3.05, 3.63) is 102 Å². The van der Waals surface area contributed by atoms with Gasteiger partial charge in [0.05, 0.1) is 22.9 Å². The molecule has 6 heteroatoms. The summed E-state index contributed by atoms with van der Waals surface area (Å²) in [5.74, 6) is -0.218. The van der Waals surface area contributed by atoms with Crippen LogP contribution in [0.2, 0.25) is 0 Å². The Morgan fingerprint density at radius 1 is 1.03 bits per heavy atom. The fourth-order valence-electron chi connectivity index (χ4n) is 3.61. The van der Waals surface area contributed by atoms with Crippen LogP contribution in [0.3, 0.4) is 0 Å². The Balaban J connectivity index is 1.46. The van der Waals surface area contributed by atoms with Crippen LogP contribution in [0.25, 0.3) is 28.1 Å². The van der Waals surface area contributed by atoms with Crippen LogP contribution < -0.4 is 0 Å². The Morgan fingerprint density at radius 2 is 1.87 bits per heavy atom. The molecular weight excluding hydrogens is 376 g/mol. The van der Waals surface area contributed by atoms with Crippen LogP contribution >= 0.6 is 0 Å². The van der Waals surface area contributed by atoms with Gasteiger partial charge in [0, 0.05) is 23.6 Å². The van der Waals surface area contributed by atoms with Crippen LogP contribution in [0.4, 0.5) is 0 Å². The summed E-state index contributed by atoms with van der Waals surface area (Å²) >= 11 is 0. The van der Waals surface area contributed by atoms with Gasteiger partial charge in [0.2, 0.25) is 0 Å². The van der Waals surface area contributed by atoms with E-state index in [0.29, 0.717) is 0 Å². The maximum Gasteiger partial charge on any atom is 0.335 e. The van der Waals surface area contributed by atoms with E-state index in [2.05, 4.69) is 39.2 Å². The van der Waals surface area contributed by atoms with Crippen molar-refractivity contribution in [1.29, 1.82) is 0 Å². The van der Waals surface area contributed by atoms with E-state index in [1.165, 1.54) is 11.1 Å². The number of imidazole rings is 2. The third kappa shape index (κ3) is 3.35. The highest BCUT2D eigenvalue weighted by Crippen LogP contribution is 2.24. The number of aromatic carboxylic acids is 1. The molecule has 146 valence electrons. The van der Waals surface area contributed by atoms with Crippen LogP contribution in [0.5, 0.6) is 0 Å². The van der Waals surface area contributed by atoms with Crippen LogP contribution in [0.15, 0.2) is 85.5 Å². The fraction of sp³-hybridized carbons (Fsp3) is 0.0417. The van der Waals surface area contributed by atoms with Crippen LogP contribution in [-0.2, 0) is 6.42 Å². The number of aromatic nitrogens is 4. The van der Waals surface area contributed by atoms with Crippen molar-refractivity contribution in [2.24, 2.45) is 0 Å². The third-order valence-electron chi connectivity index (χ3n) is 5.12. The van der Waals surface area contributed by atoms with Gasteiger partial charge in [0.25, 0.3) is 0 Å². The summed E-state index contributed by atoms with van der Waals surface area (Å²) in [5.41, 5.74) is 6.42. The summed E-state index contributed by atoms with van der Waals surface area (Å²) in [5, 5.41) is 9.06. The quantitative estimate of drug-likeness (QED) is 0.452. The first-order valence-electron chi connectivity index (χ1n) is 9.56. The summed E-state index contributed by atoms with van der Waals surface area (Å²) in [6.07, 6.45) is 6.31. The molecule has 0 unspecified atom stereocenters. The van der Waals surface area contributed by atoms with Crippen molar-refractivity contribution in [2.45, 2.75) is 6.42 Å². The van der Waals surface area contributed by atoms with Gasteiger partial charge >= 0.3 is 5.97 Å². The number of hydrogen-bond acceptors (Lipinski definition) is 3. The zero-order valence-electron chi connectivity index (χ0n) is 16.0. The van der Waals surface area contributed by atoms with Crippen molar-refractivity contribution in [1.82, 2.24) is 19.5 Å². The molecule has 0 aliphatic carbocycles. The van der Waals surface area contributed by atoms with Crippen molar-refractivity contribution in [2.75, 3.05) is 0 Å². The molecule has 0 saturated carbocycles. The van der Waals surface area contributed by atoms with Gasteiger partial charge in [0.15, 0.2) is 0 Å². The van der Waals surface area contributed by atoms with E-state index >= 15 is 0 Å². The molecule has 0 atom stereocenters. The molecule has 0 bridgehead atoms. The van der Waals surface area contributed by atoms with E-state index in [4.69, 9.17) is 5.11 Å². The van der Waals surface area contributed by atoms with Crippen molar-refractivity contribution < 1.29 is 9.90 Å². The second kappa shape index (κ2) is 7.33. The minimum absolute atomic E-state index is 0.258. The summed E-state index contributed by atoms with van der Waals surface area (Å²) in [4.78, 5) is 23.2. The molecular formula is C24H18N4O2. The smallest absolute Gasteiger partial charge is 0.335 e. The average Bonchev–Trinajstić information content (AvgIpc) is 3.44. The second-order valence-electron chi connectivity index (χ2n) is 7.09. The summed E-state index contributed by atoms with van der Waals surface area (Å²) in [7, 11) is 0. The van der Waals surface area contributed by atoms with Crippen LogP contribution in [-0.4, -0.2) is 30.6 Å². The largest absolute Gasteiger partial charge is 0.478 e. The molecule has 3 aromatic carbocycles. The second-order valence-corrected chi connectivity index (χ2v) is 7.09. The van der Waals surface area contributed by atoms with Crippen molar-refractivity contribution >= 4 is 17.0 Å². The lowest BCUT2D eigenvalue weighted by Crippen LogP contribution is -1.98. The molecule has 0 spiro atoms. The van der Waals surface area contributed by atoms with Gasteiger partial charge in [0.1, 0.15) is 5.82 Å². The number of benzene rings is 3. The van der Waals surface area contributed by atoms with E-state index in [1.54, 1.807) is 36.8 Å². The zero-order valence-corrected chi connectivity index (χ0v) is 16.0. The minimum Gasteiger partial charge on any atom is -0.478 e. The predicted molar refractivity (Wildman–Crippen MR) is 115 cm³/mol. The molecule has 5 rings (SSSR count). The Labute approximate surface area is 172 Å². The number of para-hydroxylation sites is 1. The number of fused-ring (bicyclic) bond motifs is 1. The zero-order chi connectivity index (χ0) is 20.5. The highest BCUT2D eigenvalue weighted by Gasteiger charge is 2.10. The predicted octanol–water partition coefficient (Wildman–Crippen LogP) is 4.70. The van der Waals surface area contributed by atoms with E-state index in [0.717, 1.165) is 34.5 Å². The van der Waals surface area contributed by atoms with Gasteiger partial charge in [-0.05, 0) is 47.9 Å². The van der Waals surface area contributed by atoms with Crippen molar-refractivity contribution in [3.8, 4) is 17.1 Å².